The minimum atomic E-state index is -1.07. The van der Waals surface area contributed by atoms with Gasteiger partial charge in [-0.1, -0.05) is 0 Å². The Morgan fingerprint density at radius 1 is 1.59 bits per heavy atom. The molecular formula is C9H11N3O5. The number of nitrogens with one attached hydrogen (secondary N) is 1. The fourth-order valence-corrected chi connectivity index (χ4v) is 1.09. The third-order valence-electron chi connectivity index (χ3n) is 1.73. The van der Waals surface area contributed by atoms with Gasteiger partial charge >= 0.3 is 5.97 Å². The van der Waals surface area contributed by atoms with E-state index in [-0.39, 0.29) is 0 Å². The molecule has 0 aliphatic carbocycles. The lowest BCUT2D eigenvalue weighted by Gasteiger charge is -2.19. The van der Waals surface area contributed by atoms with Crippen molar-refractivity contribution in [2.45, 2.75) is 20.0 Å². The van der Waals surface area contributed by atoms with E-state index < -0.39 is 29.4 Å². The molecule has 8 nitrogen and oxygen atoms in total. The summed E-state index contributed by atoms with van der Waals surface area (Å²) < 4.78 is 4.72. The van der Waals surface area contributed by atoms with Crippen LogP contribution in [0.25, 0.3) is 0 Å². The number of hydrogen-bond acceptors (Lipinski definition) is 7. The molecule has 0 atom stereocenters. The Labute approximate surface area is 96.5 Å². The van der Waals surface area contributed by atoms with Crippen LogP contribution in [0.2, 0.25) is 0 Å². The first-order valence-corrected chi connectivity index (χ1v) is 4.71. The molecule has 1 rings (SSSR count). The molecule has 17 heavy (non-hydrogen) atoms. The van der Waals surface area contributed by atoms with Gasteiger partial charge in [-0.15, -0.1) is 4.91 Å². The topological polar surface area (TPSA) is 108 Å². The van der Waals surface area contributed by atoms with Crippen LogP contribution in [0.3, 0.4) is 0 Å². The van der Waals surface area contributed by atoms with Gasteiger partial charge in [-0.2, -0.15) is 0 Å². The number of carbonyl (C=O) groups is 2. The first kappa shape index (κ1) is 12.8. The van der Waals surface area contributed by atoms with Gasteiger partial charge in [0.15, 0.2) is 5.70 Å². The van der Waals surface area contributed by atoms with E-state index in [0.717, 1.165) is 12.4 Å². The number of nitroso groups, excluding NO2 is 1. The molecule has 92 valence electrons. The quantitative estimate of drug-likeness (QED) is 0.415. The van der Waals surface area contributed by atoms with Crippen LogP contribution in [0, 0.1) is 4.91 Å². The zero-order valence-corrected chi connectivity index (χ0v) is 9.21. The summed E-state index contributed by atoms with van der Waals surface area (Å²) in [6, 6.07) is 0. The number of nitrogens with zero attached hydrogens (tertiary/aromatic N) is 2. The number of rotatable bonds is 3. The first-order valence-electron chi connectivity index (χ1n) is 4.71. The summed E-state index contributed by atoms with van der Waals surface area (Å²) in [5.41, 5.74) is -1.36. The third-order valence-corrected chi connectivity index (χ3v) is 1.73. The van der Waals surface area contributed by atoms with Gasteiger partial charge in [-0.05, 0) is 19.0 Å². The predicted molar refractivity (Wildman–Crippen MR) is 55.0 cm³/mol. The van der Waals surface area contributed by atoms with E-state index in [1.54, 1.807) is 13.8 Å². The van der Waals surface area contributed by atoms with Gasteiger partial charge in [-0.25, -0.2) is 9.86 Å². The summed E-state index contributed by atoms with van der Waals surface area (Å²) in [7, 11) is 0. The third kappa shape index (κ3) is 2.88. The predicted octanol–water partition coefficient (Wildman–Crippen LogP) is 0.208. The lowest BCUT2D eigenvalue weighted by Crippen LogP contribution is -2.35. The molecule has 0 unspecified atom stereocenters. The molecule has 1 amide bonds. The number of hydrogen-bond donors (Lipinski definition) is 2. The Kier molecular flexibility index (Phi) is 3.94. The van der Waals surface area contributed by atoms with Crippen molar-refractivity contribution in [1.82, 2.24) is 10.4 Å². The zero-order valence-electron chi connectivity index (χ0n) is 9.21. The maximum Gasteiger partial charge on any atom is 0.363 e. The molecule has 8 heteroatoms. The molecule has 0 aromatic heterocycles. The van der Waals surface area contributed by atoms with Crippen LogP contribution >= 0.6 is 0 Å². The van der Waals surface area contributed by atoms with Gasteiger partial charge in [0.1, 0.15) is 0 Å². The fraction of sp³-hybridized carbons (Fsp3) is 0.333. The minimum absolute atomic E-state index is 0.331. The zero-order chi connectivity index (χ0) is 13.0. The molecule has 0 spiro atoms. The highest BCUT2D eigenvalue weighted by molar-refractivity contribution is 6.02. The second kappa shape index (κ2) is 5.21. The van der Waals surface area contributed by atoms with Crippen LogP contribution in [0.5, 0.6) is 0 Å². The minimum Gasteiger partial charge on any atom is -0.458 e. The Morgan fingerprint density at radius 2 is 2.24 bits per heavy atom. The monoisotopic (exact) mass is 241 g/mol. The van der Waals surface area contributed by atoms with Gasteiger partial charge in [0.2, 0.25) is 5.70 Å². The number of hydroxylamine groups is 2. The number of esters is 1. The van der Waals surface area contributed by atoms with Gasteiger partial charge < -0.3 is 10.1 Å². The number of amides is 1. The molecule has 0 aromatic rings. The smallest absolute Gasteiger partial charge is 0.363 e. The van der Waals surface area contributed by atoms with Gasteiger partial charge in [0, 0.05) is 12.4 Å². The fourth-order valence-electron chi connectivity index (χ4n) is 1.09. The lowest BCUT2D eigenvalue weighted by atomic mass is 10.2. The summed E-state index contributed by atoms with van der Waals surface area (Å²) in [5, 5.41) is 14.3. The highest BCUT2D eigenvalue weighted by Crippen LogP contribution is 2.15. The summed E-state index contributed by atoms with van der Waals surface area (Å²) >= 11 is 0. The Morgan fingerprint density at radius 3 is 2.71 bits per heavy atom. The van der Waals surface area contributed by atoms with E-state index in [4.69, 9.17) is 4.74 Å². The van der Waals surface area contributed by atoms with Gasteiger partial charge in [0.05, 0.1) is 6.10 Å². The van der Waals surface area contributed by atoms with Crippen LogP contribution in [-0.4, -0.2) is 28.3 Å². The van der Waals surface area contributed by atoms with Crippen LogP contribution in [0.15, 0.2) is 29.0 Å². The highest BCUT2D eigenvalue weighted by Gasteiger charge is 2.29. The molecule has 0 radical (unpaired) electrons. The maximum atomic E-state index is 11.5. The summed E-state index contributed by atoms with van der Waals surface area (Å²) in [6.07, 6.45) is 1.71. The summed E-state index contributed by atoms with van der Waals surface area (Å²) in [6.45, 7) is 3.14. The van der Waals surface area contributed by atoms with E-state index >= 15 is 0 Å². The molecule has 0 saturated heterocycles. The molecular weight excluding hydrogens is 230 g/mol. The van der Waals surface area contributed by atoms with E-state index in [1.165, 1.54) is 0 Å². The SMILES string of the molecule is CC(C)OC(=O)C(N=O)=C1C(=O)NC=CN1O. The van der Waals surface area contributed by atoms with Crippen molar-refractivity contribution in [2.24, 2.45) is 5.18 Å². The normalized spacial score (nSPS) is 17.9. The lowest BCUT2D eigenvalue weighted by molar-refractivity contribution is -0.144. The van der Waals surface area contributed by atoms with Gasteiger partial charge in [-0.3, -0.25) is 10.0 Å². The van der Waals surface area contributed by atoms with Crippen molar-refractivity contribution in [3.05, 3.63) is 28.7 Å². The molecule has 2 N–H and O–H groups in total. The van der Waals surface area contributed by atoms with Crippen LogP contribution in [0.4, 0.5) is 0 Å². The van der Waals surface area contributed by atoms with Crippen molar-refractivity contribution < 1.29 is 19.5 Å². The van der Waals surface area contributed by atoms with Crippen molar-refractivity contribution in [2.75, 3.05) is 0 Å². The Hall–Kier alpha value is -2.22. The summed E-state index contributed by atoms with van der Waals surface area (Å²) in [4.78, 5) is 33.4. The largest absolute Gasteiger partial charge is 0.458 e. The van der Waals surface area contributed by atoms with Gasteiger partial charge in [0.25, 0.3) is 5.91 Å². The molecule has 1 aliphatic rings. The standard InChI is InChI=1S/C9H11N3O5/c1-5(2)17-9(14)6(11-15)7-8(13)10-3-4-12(7)16/h3-5,16H,1-2H3,(H,10,13). The second-order valence-corrected chi connectivity index (χ2v) is 3.38. The summed E-state index contributed by atoms with van der Waals surface area (Å²) in [5.74, 6) is -1.90. The van der Waals surface area contributed by atoms with E-state index in [0.29, 0.717) is 5.06 Å². The molecule has 0 saturated carbocycles. The Balaban J connectivity index is 3.13. The molecule has 0 aromatic carbocycles. The van der Waals surface area contributed by atoms with E-state index in [1.807, 2.05) is 0 Å². The van der Waals surface area contributed by atoms with Crippen molar-refractivity contribution in [3.8, 4) is 0 Å². The molecule has 0 fully saturated rings. The molecule has 1 heterocycles. The Bertz CT molecular complexity index is 413. The first-order chi connectivity index (χ1) is 7.97. The highest BCUT2D eigenvalue weighted by atomic mass is 16.5. The van der Waals surface area contributed by atoms with Crippen molar-refractivity contribution in [3.63, 3.8) is 0 Å². The molecule has 1 aliphatic heterocycles. The van der Waals surface area contributed by atoms with Crippen molar-refractivity contribution in [1.29, 1.82) is 0 Å². The van der Waals surface area contributed by atoms with Crippen LogP contribution < -0.4 is 5.32 Å². The average Bonchev–Trinajstić information content (AvgIpc) is 2.22. The van der Waals surface area contributed by atoms with Crippen molar-refractivity contribution >= 4 is 11.9 Å². The van der Waals surface area contributed by atoms with Crippen LogP contribution in [-0.2, 0) is 14.3 Å². The van der Waals surface area contributed by atoms with Crippen LogP contribution in [0.1, 0.15) is 13.8 Å². The number of carbonyl (C=O) groups excluding carboxylic acids is 2. The second-order valence-electron chi connectivity index (χ2n) is 3.38. The maximum absolute atomic E-state index is 11.5. The average molecular weight is 241 g/mol. The number of ether oxygens (including phenoxy) is 1. The van der Waals surface area contributed by atoms with E-state index in [9.17, 15) is 19.7 Å². The van der Waals surface area contributed by atoms with E-state index in [2.05, 4.69) is 10.5 Å². The molecule has 0 bridgehead atoms.